The molecule has 0 amide bonds. The number of hydrogen-bond acceptors (Lipinski definition) is 3. The van der Waals surface area contributed by atoms with Gasteiger partial charge < -0.3 is 27.7 Å². The molecule has 0 spiro atoms. The van der Waals surface area contributed by atoms with Crippen molar-refractivity contribution < 1.29 is 17.5 Å². The van der Waals surface area contributed by atoms with Gasteiger partial charge >= 0.3 is 76.2 Å². The molecule has 0 aliphatic carbocycles. The predicted molar refractivity (Wildman–Crippen MR) is 24.7 cm³/mol. The summed E-state index contributed by atoms with van der Waals surface area (Å²) in [6.45, 7) is 0. The van der Waals surface area contributed by atoms with Crippen LogP contribution in [0.4, 0.5) is 0 Å². The van der Waals surface area contributed by atoms with Gasteiger partial charge in [-0.3, -0.25) is 0 Å². The zero-order chi connectivity index (χ0) is 3.58. The van der Waals surface area contributed by atoms with Gasteiger partial charge in [-0.1, -0.05) is 0 Å². The molecule has 0 aliphatic rings. The van der Waals surface area contributed by atoms with Gasteiger partial charge in [-0.05, 0) is 0 Å². The van der Waals surface area contributed by atoms with Crippen molar-refractivity contribution in [2.24, 2.45) is 0 Å². The number of rotatable bonds is 0. The molecule has 0 saturated carbocycles. The molecule has 7 heteroatoms. The Labute approximate surface area is 107 Å². The Hall–Kier alpha value is 1.98. The van der Waals surface area contributed by atoms with Crippen molar-refractivity contribution in [2.75, 3.05) is 0 Å². The van der Waals surface area contributed by atoms with Crippen molar-refractivity contribution in [1.82, 2.24) is 0 Å². The molecule has 0 atom stereocenters. The SMILES string of the molecule is O=[N+]([O-])[O-].[Ba+2].[Cl-].[PbH2]. The molecule has 7 heavy (non-hydrogen) atoms. The summed E-state index contributed by atoms with van der Waals surface area (Å²) >= 11 is 0. The van der Waals surface area contributed by atoms with Crippen LogP contribution in [0, 0.1) is 15.3 Å². The standard InChI is InChI=1S/Ba.ClH.NO3.Pb.2H/c;;2-1(3)4;;;/h;1H;;;;/q+2;;-1;;;/p-1. The van der Waals surface area contributed by atoms with Gasteiger partial charge in [0, 0.05) is 0 Å². The van der Waals surface area contributed by atoms with Gasteiger partial charge in [-0.15, -0.1) is 0 Å². The first-order valence-corrected chi connectivity index (χ1v) is 0.548. The van der Waals surface area contributed by atoms with Crippen molar-refractivity contribution >= 4 is 76.2 Å². The van der Waals surface area contributed by atoms with E-state index in [0.717, 1.165) is 0 Å². The minimum absolute atomic E-state index is 0. The number of hydrogen-bond donors (Lipinski definition) is 0. The first-order chi connectivity index (χ1) is 1.73. The van der Waals surface area contributed by atoms with Crippen LogP contribution in [0.15, 0.2) is 0 Å². The summed E-state index contributed by atoms with van der Waals surface area (Å²) in [6, 6.07) is 0. The minimum atomic E-state index is -1.75. The molecule has 0 fully saturated rings. The van der Waals surface area contributed by atoms with E-state index in [1.54, 1.807) is 0 Å². The summed E-state index contributed by atoms with van der Waals surface area (Å²) < 4.78 is 0. The fourth-order valence-electron chi connectivity index (χ4n) is 0. The second kappa shape index (κ2) is 15.7. The Morgan fingerprint density at radius 3 is 1.29 bits per heavy atom. The van der Waals surface area contributed by atoms with Crippen LogP contribution in [0.25, 0.3) is 0 Å². The second-order valence-electron chi connectivity index (χ2n) is 0.224. The molecule has 0 heterocycles. The molecule has 38 valence electrons. The van der Waals surface area contributed by atoms with Crippen LogP contribution in [0.2, 0.25) is 0 Å². The molecule has 0 saturated heterocycles. The summed E-state index contributed by atoms with van der Waals surface area (Å²) in [5, 5.41) is 14.8. The van der Waals surface area contributed by atoms with E-state index in [9.17, 15) is 0 Å². The third-order valence-electron chi connectivity index (χ3n) is 0. The van der Waals surface area contributed by atoms with Crippen LogP contribution < -0.4 is 12.4 Å². The molecular formula is H2BaClNO3Pb. The maximum atomic E-state index is 8.25. The normalized spacial score (nSPS) is 3.43. The van der Waals surface area contributed by atoms with Gasteiger partial charge in [0.1, 0.15) is 0 Å². The molecule has 0 aromatic rings. The Balaban J connectivity index is -0.0000000150. The van der Waals surface area contributed by atoms with E-state index >= 15 is 0 Å². The van der Waals surface area contributed by atoms with Crippen LogP contribution in [0.5, 0.6) is 0 Å². The molecule has 0 unspecified atom stereocenters. The summed E-state index contributed by atoms with van der Waals surface area (Å²) in [4.78, 5) is 8.25. The summed E-state index contributed by atoms with van der Waals surface area (Å²) in [7, 11) is 0. The van der Waals surface area contributed by atoms with E-state index in [2.05, 4.69) is 0 Å². The first-order valence-electron chi connectivity index (χ1n) is 0.548. The zero-order valence-corrected chi connectivity index (χ0v) is 14.2. The van der Waals surface area contributed by atoms with Gasteiger partial charge in [0.2, 0.25) is 0 Å². The molecule has 0 aliphatic heterocycles. The molecular weight excluding hydrogens is 442 g/mol. The van der Waals surface area contributed by atoms with E-state index < -0.39 is 5.09 Å². The van der Waals surface area contributed by atoms with Gasteiger partial charge in [0.25, 0.3) is 0 Å². The van der Waals surface area contributed by atoms with Crippen LogP contribution in [0.1, 0.15) is 0 Å². The van der Waals surface area contributed by atoms with E-state index in [0.29, 0.717) is 0 Å². The van der Waals surface area contributed by atoms with Crippen LogP contribution in [-0.2, 0) is 0 Å². The van der Waals surface area contributed by atoms with Crippen LogP contribution in [-0.4, -0.2) is 81.3 Å². The average molecular weight is 444 g/mol. The van der Waals surface area contributed by atoms with Gasteiger partial charge in [-0.2, -0.15) is 0 Å². The molecule has 0 bridgehead atoms. The molecule has 0 N–H and O–H groups in total. The number of halogens is 1. The summed E-state index contributed by atoms with van der Waals surface area (Å²) in [5.74, 6) is 0. The second-order valence-corrected chi connectivity index (χ2v) is 0.224. The first kappa shape index (κ1) is 23.1. The average Bonchev–Trinajstić information content (AvgIpc) is 0.811. The molecule has 0 rings (SSSR count). The van der Waals surface area contributed by atoms with Crippen molar-refractivity contribution in [1.29, 1.82) is 0 Å². The third-order valence-corrected chi connectivity index (χ3v) is 0. The van der Waals surface area contributed by atoms with E-state index in [1.165, 1.54) is 0 Å². The van der Waals surface area contributed by atoms with Crippen molar-refractivity contribution in [3.8, 4) is 0 Å². The van der Waals surface area contributed by atoms with E-state index in [-0.39, 0.29) is 88.6 Å². The topological polar surface area (TPSA) is 66.2 Å². The summed E-state index contributed by atoms with van der Waals surface area (Å²) in [5.41, 5.74) is 0. The van der Waals surface area contributed by atoms with E-state index in [4.69, 9.17) is 15.3 Å². The van der Waals surface area contributed by atoms with Crippen LogP contribution in [0.3, 0.4) is 0 Å². The van der Waals surface area contributed by atoms with Gasteiger partial charge in [0.05, 0.1) is 5.09 Å². The maximum absolute atomic E-state index is 8.25. The molecule has 0 aromatic carbocycles. The fraction of sp³-hybridized carbons (Fsp3) is 0. The molecule has 2 radical (unpaired) electrons. The fourth-order valence-corrected chi connectivity index (χ4v) is 0. The van der Waals surface area contributed by atoms with Crippen molar-refractivity contribution in [3.63, 3.8) is 0 Å². The quantitative estimate of drug-likeness (QED) is 0.215. The predicted octanol–water partition coefficient (Wildman–Crippen LogP) is -4.53. The van der Waals surface area contributed by atoms with Crippen molar-refractivity contribution in [3.05, 3.63) is 15.3 Å². The van der Waals surface area contributed by atoms with Crippen LogP contribution >= 0.6 is 0 Å². The van der Waals surface area contributed by atoms with Crippen molar-refractivity contribution in [2.45, 2.75) is 0 Å². The van der Waals surface area contributed by atoms with Gasteiger partial charge in [-0.25, -0.2) is 0 Å². The van der Waals surface area contributed by atoms with Gasteiger partial charge in [0.15, 0.2) is 0 Å². The monoisotopic (exact) mass is 445 g/mol. The summed E-state index contributed by atoms with van der Waals surface area (Å²) in [6.07, 6.45) is 0. The Morgan fingerprint density at radius 1 is 1.29 bits per heavy atom. The zero-order valence-electron chi connectivity index (χ0n) is 3.46. The number of nitrogens with zero attached hydrogens (tertiary/aromatic N) is 1. The molecule has 0 aromatic heterocycles. The van der Waals surface area contributed by atoms with E-state index in [1.807, 2.05) is 0 Å². The Bertz CT molecular complexity index is 37.9. The Morgan fingerprint density at radius 2 is 1.29 bits per heavy atom. The Kier molecular flexibility index (Phi) is 51.6. The molecule has 4 nitrogen and oxygen atoms in total. The third kappa shape index (κ3) is 72.7.